The van der Waals surface area contributed by atoms with Crippen LogP contribution in [0.15, 0.2) is 0 Å². The molecule has 1 unspecified atom stereocenters. The zero-order chi connectivity index (χ0) is 14.2. The fourth-order valence-corrected chi connectivity index (χ4v) is 2.87. The van der Waals surface area contributed by atoms with Crippen molar-refractivity contribution in [2.45, 2.75) is 71.4 Å². The SMILES string of the molecule is CCCCC1(OCC)CCCOC1(OCC)OCC. The quantitative estimate of drug-likeness (QED) is 0.603. The second-order valence-electron chi connectivity index (χ2n) is 4.91. The van der Waals surface area contributed by atoms with Gasteiger partial charge < -0.3 is 18.9 Å². The lowest BCUT2D eigenvalue weighted by Crippen LogP contribution is -2.63. The average Bonchev–Trinajstić information content (AvgIpc) is 2.40. The fourth-order valence-electron chi connectivity index (χ4n) is 2.87. The first-order chi connectivity index (χ1) is 9.20. The summed E-state index contributed by atoms with van der Waals surface area (Å²) in [5.74, 6) is -1.03. The number of hydrogen-bond acceptors (Lipinski definition) is 4. The molecule has 114 valence electrons. The zero-order valence-electron chi connectivity index (χ0n) is 13.0. The van der Waals surface area contributed by atoms with Crippen molar-refractivity contribution in [2.24, 2.45) is 0 Å². The van der Waals surface area contributed by atoms with Crippen LogP contribution in [0.1, 0.15) is 59.8 Å². The lowest BCUT2D eigenvalue weighted by Gasteiger charge is -2.50. The molecule has 1 fully saturated rings. The van der Waals surface area contributed by atoms with E-state index in [0.717, 1.165) is 32.1 Å². The molecule has 0 spiro atoms. The number of unbranched alkanes of at least 4 members (excludes halogenated alkanes) is 1. The van der Waals surface area contributed by atoms with Gasteiger partial charge in [-0.1, -0.05) is 19.8 Å². The van der Waals surface area contributed by atoms with Crippen LogP contribution in [0.25, 0.3) is 0 Å². The summed E-state index contributed by atoms with van der Waals surface area (Å²) < 4.78 is 23.9. The van der Waals surface area contributed by atoms with Crippen LogP contribution >= 0.6 is 0 Å². The first-order valence-electron chi connectivity index (χ1n) is 7.76. The first-order valence-corrected chi connectivity index (χ1v) is 7.76. The maximum absolute atomic E-state index is 6.12. The molecule has 1 atom stereocenters. The highest BCUT2D eigenvalue weighted by Gasteiger charge is 2.57. The van der Waals surface area contributed by atoms with Crippen LogP contribution in [0.3, 0.4) is 0 Å². The van der Waals surface area contributed by atoms with E-state index >= 15 is 0 Å². The Morgan fingerprint density at radius 3 is 2.11 bits per heavy atom. The van der Waals surface area contributed by atoms with Crippen molar-refractivity contribution in [3.63, 3.8) is 0 Å². The Labute approximate surface area is 117 Å². The minimum absolute atomic E-state index is 0.470. The predicted molar refractivity (Wildman–Crippen MR) is 75.1 cm³/mol. The van der Waals surface area contributed by atoms with Gasteiger partial charge >= 0.3 is 5.97 Å². The van der Waals surface area contributed by atoms with Gasteiger partial charge in [0, 0.05) is 19.8 Å². The molecular formula is C15H30O4. The topological polar surface area (TPSA) is 36.9 Å². The van der Waals surface area contributed by atoms with E-state index in [-0.39, 0.29) is 0 Å². The molecule has 0 aromatic heterocycles. The van der Waals surface area contributed by atoms with E-state index in [9.17, 15) is 0 Å². The largest absolute Gasteiger partial charge is 0.367 e. The number of rotatable bonds is 9. The summed E-state index contributed by atoms with van der Waals surface area (Å²) in [5, 5.41) is 0. The average molecular weight is 274 g/mol. The van der Waals surface area contributed by atoms with E-state index in [0.29, 0.717) is 26.4 Å². The molecule has 0 aliphatic carbocycles. The molecule has 1 heterocycles. The second-order valence-corrected chi connectivity index (χ2v) is 4.91. The summed E-state index contributed by atoms with van der Waals surface area (Å²) >= 11 is 0. The molecule has 0 bridgehead atoms. The molecule has 0 radical (unpaired) electrons. The van der Waals surface area contributed by atoms with E-state index < -0.39 is 11.6 Å². The van der Waals surface area contributed by atoms with E-state index in [1.54, 1.807) is 0 Å². The van der Waals surface area contributed by atoms with Crippen LogP contribution < -0.4 is 0 Å². The third-order valence-corrected chi connectivity index (χ3v) is 3.60. The van der Waals surface area contributed by atoms with E-state index in [1.165, 1.54) is 0 Å². The minimum Gasteiger partial charge on any atom is -0.367 e. The molecule has 0 amide bonds. The van der Waals surface area contributed by atoms with Gasteiger partial charge in [-0.15, -0.1) is 0 Å². The molecule has 4 heteroatoms. The van der Waals surface area contributed by atoms with Gasteiger partial charge in [0.15, 0.2) is 0 Å². The standard InChI is InChI=1S/C15H30O4/c1-5-9-11-14(16-6-2)12-10-13-19-15(14,17-7-3)18-8-4/h5-13H2,1-4H3. The van der Waals surface area contributed by atoms with Crippen molar-refractivity contribution in [3.8, 4) is 0 Å². The summed E-state index contributed by atoms with van der Waals surface area (Å²) in [6.07, 6.45) is 5.05. The van der Waals surface area contributed by atoms with E-state index in [4.69, 9.17) is 18.9 Å². The zero-order valence-corrected chi connectivity index (χ0v) is 13.0. The lowest BCUT2D eigenvalue weighted by molar-refractivity contribution is -0.459. The van der Waals surface area contributed by atoms with Gasteiger partial charge in [-0.2, -0.15) is 0 Å². The smallest absolute Gasteiger partial charge is 0.313 e. The Morgan fingerprint density at radius 1 is 0.947 bits per heavy atom. The number of ether oxygens (including phenoxy) is 4. The summed E-state index contributed by atoms with van der Waals surface area (Å²) in [5.41, 5.74) is -0.470. The van der Waals surface area contributed by atoms with Gasteiger partial charge in [-0.25, -0.2) is 0 Å². The van der Waals surface area contributed by atoms with Crippen LogP contribution in [0, 0.1) is 0 Å². The molecule has 4 nitrogen and oxygen atoms in total. The lowest BCUT2D eigenvalue weighted by atomic mass is 9.86. The highest BCUT2D eigenvalue weighted by Crippen LogP contribution is 2.43. The molecule has 1 aliphatic rings. The van der Waals surface area contributed by atoms with Crippen molar-refractivity contribution < 1.29 is 18.9 Å². The Morgan fingerprint density at radius 2 is 1.58 bits per heavy atom. The van der Waals surface area contributed by atoms with Gasteiger partial charge in [0.1, 0.15) is 5.60 Å². The molecule has 1 rings (SSSR count). The summed E-state index contributed by atoms with van der Waals surface area (Å²) in [6.45, 7) is 10.6. The van der Waals surface area contributed by atoms with Crippen molar-refractivity contribution >= 4 is 0 Å². The Hall–Kier alpha value is -0.160. The Kier molecular flexibility index (Phi) is 7.29. The molecule has 0 saturated carbocycles. The predicted octanol–water partition coefficient (Wildman–Crippen LogP) is 3.49. The van der Waals surface area contributed by atoms with Crippen molar-refractivity contribution in [1.29, 1.82) is 0 Å². The monoisotopic (exact) mass is 274 g/mol. The third kappa shape index (κ3) is 3.69. The molecule has 1 saturated heterocycles. The van der Waals surface area contributed by atoms with Gasteiger partial charge in [0.2, 0.25) is 0 Å². The second kappa shape index (κ2) is 8.20. The number of hydrogen-bond donors (Lipinski definition) is 0. The van der Waals surface area contributed by atoms with Gasteiger partial charge in [-0.05, 0) is 40.0 Å². The highest BCUT2D eigenvalue weighted by molar-refractivity contribution is 4.94. The molecular weight excluding hydrogens is 244 g/mol. The maximum atomic E-state index is 6.12. The highest BCUT2D eigenvalue weighted by atomic mass is 16.9. The van der Waals surface area contributed by atoms with Crippen molar-refractivity contribution in [3.05, 3.63) is 0 Å². The Bertz CT molecular complexity index is 229. The van der Waals surface area contributed by atoms with Crippen LogP contribution in [0.2, 0.25) is 0 Å². The van der Waals surface area contributed by atoms with Crippen LogP contribution in [-0.2, 0) is 18.9 Å². The van der Waals surface area contributed by atoms with Crippen molar-refractivity contribution in [2.75, 3.05) is 26.4 Å². The summed E-state index contributed by atoms with van der Waals surface area (Å²) in [4.78, 5) is 0. The first kappa shape index (κ1) is 16.9. The van der Waals surface area contributed by atoms with Gasteiger partial charge in [0.05, 0.1) is 6.61 Å². The van der Waals surface area contributed by atoms with Gasteiger partial charge in [0.25, 0.3) is 0 Å². The van der Waals surface area contributed by atoms with Crippen LogP contribution in [0.5, 0.6) is 0 Å². The maximum Gasteiger partial charge on any atom is 0.313 e. The Balaban J connectivity index is 3.01. The van der Waals surface area contributed by atoms with Gasteiger partial charge in [-0.3, -0.25) is 0 Å². The van der Waals surface area contributed by atoms with Crippen LogP contribution in [-0.4, -0.2) is 38.0 Å². The summed E-state index contributed by atoms with van der Waals surface area (Å²) in [7, 11) is 0. The molecule has 0 aromatic rings. The minimum atomic E-state index is -1.03. The third-order valence-electron chi connectivity index (χ3n) is 3.60. The molecule has 19 heavy (non-hydrogen) atoms. The van der Waals surface area contributed by atoms with E-state index in [2.05, 4.69) is 6.92 Å². The molecule has 0 aromatic carbocycles. The van der Waals surface area contributed by atoms with Crippen LogP contribution in [0.4, 0.5) is 0 Å². The van der Waals surface area contributed by atoms with E-state index in [1.807, 2.05) is 20.8 Å². The molecule has 0 N–H and O–H groups in total. The normalized spacial score (nSPS) is 26.5. The van der Waals surface area contributed by atoms with Crippen molar-refractivity contribution in [1.82, 2.24) is 0 Å². The fraction of sp³-hybridized carbons (Fsp3) is 1.00. The summed E-state index contributed by atoms with van der Waals surface area (Å²) in [6, 6.07) is 0. The molecule has 1 aliphatic heterocycles.